The number of rotatable bonds is 59. The quantitative estimate of drug-likeness (QED) is 0.0204. The van der Waals surface area contributed by atoms with E-state index in [0.717, 1.165) is 83.5 Å². The van der Waals surface area contributed by atoms with Crippen molar-refractivity contribution < 1.29 is 64.6 Å². The normalized spacial score (nSPS) is 23.5. The molecule has 0 saturated carbocycles. The number of hydrogen-bond donors (Lipinski definition) is 9. The van der Waals surface area contributed by atoms with Gasteiger partial charge in [0, 0.05) is 6.42 Å². The number of aliphatic hydroxyl groups is 8. The van der Waals surface area contributed by atoms with Crippen LogP contribution in [0, 0.1) is 0 Å². The molecule has 2 heterocycles. The van der Waals surface area contributed by atoms with Crippen molar-refractivity contribution in [3.63, 3.8) is 0 Å². The zero-order valence-electron chi connectivity index (χ0n) is 57.1. The number of amides is 1. The molecule has 0 aliphatic carbocycles. The maximum atomic E-state index is 13.3. The summed E-state index contributed by atoms with van der Waals surface area (Å²) in [4.78, 5) is 13.3. The Hall–Kier alpha value is -3.35. The number of unbranched alkanes of at least 4 members (excludes halogenated alkanes) is 30. The van der Waals surface area contributed by atoms with E-state index in [0.29, 0.717) is 12.8 Å². The fraction of sp³-hybridized carbons (Fsp3) is 0.753. The van der Waals surface area contributed by atoms with Crippen molar-refractivity contribution in [2.45, 2.75) is 351 Å². The summed E-state index contributed by atoms with van der Waals surface area (Å²) in [7, 11) is 0. The van der Waals surface area contributed by atoms with Crippen molar-refractivity contribution in [3.8, 4) is 0 Å². The van der Waals surface area contributed by atoms with Gasteiger partial charge >= 0.3 is 0 Å². The lowest BCUT2D eigenvalue weighted by Crippen LogP contribution is -2.65. The molecule has 0 aromatic carbocycles. The predicted octanol–water partition coefficient (Wildman–Crippen LogP) is 15.5. The molecule has 14 heteroatoms. The molecule has 9 N–H and O–H groups in total. The first-order chi connectivity index (χ1) is 44.6. The van der Waals surface area contributed by atoms with Gasteiger partial charge < -0.3 is 65.1 Å². The summed E-state index contributed by atoms with van der Waals surface area (Å²) in [6, 6.07) is -0.942. The zero-order chi connectivity index (χ0) is 65.9. The van der Waals surface area contributed by atoms with E-state index in [1.807, 2.05) is 6.08 Å². The van der Waals surface area contributed by atoms with Gasteiger partial charge in [-0.3, -0.25) is 4.79 Å². The zero-order valence-corrected chi connectivity index (χ0v) is 57.1. The Kier molecular flexibility index (Phi) is 55.5. The third-order valence-corrected chi connectivity index (χ3v) is 17.2. The Labute approximate surface area is 553 Å². The van der Waals surface area contributed by atoms with E-state index in [4.69, 9.17) is 18.9 Å². The second-order valence-electron chi connectivity index (χ2n) is 25.3. The van der Waals surface area contributed by atoms with Gasteiger partial charge in [0.05, 0.1) is 32.0 Å². The highest BCUT2D eigenvalue weighted by molar-refractivity contribution is 5.76. The van der Waals surface area contributed by atoms with Crippen molar-refractivity contribution in [1.82, 2.24) is 5.32 Å². The summed E-state index contributed by atoms with van der Waals surface area (Å²) in [5.41, 5.74) is 0. The van der Waals surface area contributed by atoms with Gasteiger partial charge in [0.25, 0.3) is 0 Å². The van der Waals surface area contributed by atoms with Gasteiger partial charge in [0.15, 0.2) is 12.6 Å². The first-order valence-corrected chi connectivity index (χ1v) is 36.6. The van der Waals surface area contributed by atoms with Gasteiger partial charge in [-0.2, -0.15) is 0 Å². The number of nitrogens with one attached hydrogen (secondary N) is 1. The molecular formula is C77H133NO13. The molecule has 2 aliphatic heterocycles. The molecule has 0 bridgehead atoms. The summed E-state index contributed by atoms with van der Waals surface area (Å²) in [5.74, 6) is -0.254. The van der Waals surface area contributed by atoms with Crippen LogP contribution in [0.25, 0.3) is 0 Å². The molecule has 14 nitrogen and oxygen atoms in total. The number of ether oxygens (including phenoxy) is 4. The minimum atomic E-state index is -1.80. The first-order valence-electron chi connectivity index (χ1n) is 36.6. The maximum Gasteiger partial charge on any atom is 0.220 e. The molecule has 524 valence electrons. The fourth-order valence-corrected chi connectivity index (χ4v) is 11.4. The molecule has 1 amide bonds. The van der Waals surface area contributed by atoms with Gasteiger partial charge in [-0.05, 0) is 89.9 Å². The lowest BCUT2D eigenvalue weighted by molar-refractivity contribution is -0.359. The van der Waals surface area contributed by atoms with Crippen LogP contribution >= 0.6 is 0 Å². The third-order valence-electron chi connectivity index (χ3n) is 17.2. The average molecular weight is 1280 g/mol. The third kappa shape index (κ3) is 44.1. The van der Waals surface area contributed by atoms with Gasteiger partial charge in [-0.15, -0.1) is 0 Å². The van der Waals surface area contributed by atoms with Crippen molar-refractivity contribution in [1.29, 1.82) is 0 Å². The van der Waals surface area contributed by atoms with E-state index in [9.17, 15) is 45.6 Å². The van der Waals surface area contributed by atoms with Gasteiger partial charge in [-0.25, -0.2) is 0 Å². The summed E-state index contributed by atoms with van der Waals surface area (Å²) >= 11 is 0. The number of carbonyl (C=O) groups is 1. The fourth-order valence-electron chi connectivity index (χ4n) is 11.4. The molecule has 2 saturated heterocycles. The van der Waals surface area contributed by atoms with Crippen LogP contribution in [0.15, 0.2) is 109 Å². The van der Waals surface area contributed by atoms with Crippen LogP contribution in [0.3, 0.4) is 0 Å². The summed E-state index contributed by atoms with van der Waals surface area (Å²) in [5, 5.41) is 87.5. The molecule has 0 radical (unpaired) electrons. The van der Waals surface area contributed by atoms with E-state index in [-0.39, 0.29) is 18.9 Å². The number of allylic oxidation sites excluding steroid dienone is 17. The van der Waals surface area contributed by atoms with Crippen molar-refractivity contribution in [2.75, 3.05) is 19.8 Å². The van der Waals surface area contributed by atoms with Crippen LogP contribution < -0.4 is 5.32 Å². The Morgan fingerprint density at radius 3 is 1.21 bits per heavy atom. The topological polar surface area (TPSA) is 228 Å². The largest absolute Gasteiger partial charge is 0.394 e. The predicted molar refractivity (Wildman–Crippen MR) is 373 cm³/mol. The van der Waals surface area contributed by atoms with Crippen LogP contribution in [0.2, 0.25) is 0 Å². The molecular weight excluding hydrogens is 1150 g/mol. The van der Waals surface area contributed by atoms with Crippen LogP contribution in [0.5, 0.6) is 0 Å². The smallest absolute Gasteiger partial charge is 0.220 e. The van der Waals surface area contributed by atoms with Gasteiger partial charge in [0.1, 0.15) is 48.8 Å². The summed E-state index contributed by atoms with van der Waals surface area (Å²) in [6.07, 6.45) is 70.0. The monoisotopic (exact) mass is 1280 g/mol. The van der Waals surface area contributed by atoms with E-state index in [2.05, 4.69) is 116 Å². The standard InChI is InChI=1S/C77H133NO13/c1-3-5-7-9-11-13-15-17-19-21-23-25-27-29-30-31-32-33-34-35-36-37-39-41-43-45-47-49-51-53-55-57-59-61-69(82)78-65(64-88-76-74(87)72(85)75(68(63-80)90-76)91-77-73(86)71(84)70(83)67(62-79)89-77)66(81)60-58-56-54-52-50-48-46-44-42-40-38-28-26-24-22-20-18-16-14-12-10-8-6-4-2/h5,7,11,13,17,19,23,25,29-30,32-33,35-36,50,52,58,60,65-68,70-77,79-81,83-87H,3-4,6,8-10,12,14-16,18,20-22,24,26-28,31,34,37-49,51,53-57,59,61-64H2,1-2H3,(H,78,82)/b7-5-,13-11-,19-17-,25-23-,30-29-,33-32-,36-35-,52-50+,60-58+. The number of aliphatic hydroxyl groups excluding tert-OH is 8. The first kappa shape index (κ1) is 83.7. The van der Waals surface area contributed by atoms with Crippen molar-refractivity contribution in [2.24, 2.45) is 0 Å². The lowest BCUT2D eigenvalue weighted by atomic mass is 9.97. The summed E-state index contributed by atoms with van der Waals surface area (Å²) in [6.45, 7) is 2.69. The van der Waals surface area contributed by atoms with Gasteiger partial charge in [0.2, 0.25) is 5.91 Å². The molecule has 0 spiro atoms. The molecule has 2 rings (SSSR count). The average Bonchev–Trinajstić information content (AvgIpc) is 1.28. The Morgan fingerprint density at radius 1 is 0.407 bits per heavy atom. The molecule has 12 unspecified atom stereocenters. The molecule has 0 aromatic rings. The Bertz CT molecular complexity index is 1950. The van der Waals surface area contributed by atoms with Crippen LogP contribution in [-0.2, 0) is 23.7 Å². The number of carbonyl (C=O) groups excluding carboxylic acids is 1. The minimum absolute atomic E-state index is 0.254. The minimum Gasteiger partial charge on any atom is -0.394 e. The van der Waals surface area contributed by atoms with E-state index >= 15 is 0 Å². The second kappa shape index (κ2) is 60.3. The molecule has 91 heavy (non-hydrogen) atoms. The van der Waals surface area contributed by atoms with E-state index < -0.39 is 86.8 Å². The van der Waals surface area contributed by atoms with Crippen molar-refractivity contribution in [3.05, 3.63) is 109 Å². The van der Waals surface area contributed by atoms with Gasteiger partial charge in [-0.1, -0.05) is 290 Å². The SMILES string of the molecule is CC/C=C\C/C=C\C/C=C\C/C=C\C/C=C\C/C=C\C/C=C\CCCCCCCCCCCCCC(=O)NC(COC1OC(CO)C(OC2OC(CO)C(O)C(O)C2O)C(O)C1O)C(O)/C=C/CC/C=C/CCCCCCCCCCCCCCCCCCCC. The molecule has 12 atom stereocenters. The Balaban J connectivity index is 1.68. The van der Waals surface area contributed by atoms with Crippen LogP contribution in [-0.4, -0.2) is 140 Å². The maximum absolute atomic E-state index is 13.3. The summed E-state index contributed by atoms with van der Waals surface area (Å²) < 4.78 is 22.9. The van der Waals surface area contributed by atoms with E-state index in [1.165, 1.54) is 161 Å². The molecule has 0 aromatic heterocycles. The second-order valence-corrected chi connectivity index (χ2v) is 25.3. The van der Waals surface area contributed by atoms with E-state index in [1.54, 1.807) is 6.08 Å². The molecule has 2 aliphatic rings. The Morgan fingerprint density at radius 2 is 0.769 bits per heavy atom. The number of hydrogen-bond acceptors (Lipinski definition) is 13. The van der Waals surface area contributed by atoms with Crippen LogP contribution in [0.4, 0.5) is 0 Å². The highest BCUT2D eigenvalue weighted by Gasteiger charge is 2.51. The molecule has 2 fully saturated rings. The highest BCUT2D eigenvalue weighted by atomic mass is 16.7. The van der Waals surface area contributed by atoms with Crippen LogP contribution in [0.1, 0.15) is 277 Å². The lowest BCUT2D eigenvalue weighted by Gasteiger charge is -2.46. The highest BCUT2D eigenvalue weighted by Crippen LogP contribution is 2.30. The van der Waals surface area contributed by atoms with Crippen molar-refractivity contribution >= 4 is 5.91 Å².